The van der Waals surface area contributed by atoms with Crippen molar-refractivity contribution in [1.29, 1.82) is 0 Å². The number of carbonyl (C=O) groups excluding carboxylic acids is 1. The lowest BCUT2D eigenvalue weighted by molar-refractivity contribution is -0.155. The summed E-state index contributed by atoms with van der Waals surface area (Å²) in [7, 11) is 0. The molecule has 1 atom stereocenters. The maximum absolute atomic E-state index is 13.3. The normalized spacial score (nSPS) is 13.0. The predicted molar refractivity (Wildman–Crippen MR) is 79.1 cm³/mol. The fourth-order valence-corrected chi connectivity index (χ4v) is 1.86. The first-order chi connectivity index (χ1) is 9.71. The van der Waals surface area contributed by atoms with Crippen molar-refractivity contribution >= 4 is 5.97 Å². The molecule has 0 spiro atoms. The summed E-state index contributed by atoms with van der Waals surface area (Å²) in [6.07, 6.45) is 0.269. The second kappa shape index (κ2) is 7.52. The van der Waals surface area contributed by atoms with Gasteiger partial charge in [-0.1, -0.05) is 6.07 Å². The van der Waals surface area contributed by atoms with E-state index in [1.54, 1.807) is 12.1 Å². The van der Waals surface area contributed by atoms with Gasteiger partial charge in [0.2, 0.25) is 0 Å². The lowest BCUT2D eigenvalue weighted by Gasteiger charge is -2.21. The van der Waals surface area contributed by atoms with E-state index < -0.39 is 11.4 Å². The number of aliphatic hydroxyl groups is 1. The minimum atomic E-state index is -0.482. The standard InChI is InChI=1S/C16H24FNO3/c1-11(7-15(20)21-16(2,3)4)18-9-12-5-6-14(17)13(8-12)10-19/h5-6,8,11,18-19H,7,9-10H2,1-4H3. The quantitative estimate of drug-likeness (QED) is 0.792. The van der Waals surface area contributed by atoms with Crippen LogP contribution in [0.25, 0.3) is 0 Å². The van der Waals surface area contributed by atoms with Gasteiger partial charge in [-0.3, -0.25) is 4.79 Å². The molecule has 0 aliphatic carbocycles. The van der Waals surface area contributed by atoms with Crippen molar-refractivity contribution in [2.45, 2.75) is 58.9 Å². The number of rotatable bonds is 6. The maximum atomic E-state index is 13.3. The first-order valence-corrected chi connectivity index (χ1v) is 7.04. The van der Waals surface area contributed by atoms with Crippen molar-refractivity contribution < 1.29 is 19.0 Å². The molecule has 4 nitrogen and oxygen atoms in total. The molecule has 0 saturated heterocycles. The average Bonchev–Trinajstić information content (AvgIpc) is 2.35. The van der Waals surface area contributed by atoms with E-state index in [1.807, 2.05) is 27.7 Å². The van der Waals surface area contributed by atoms with E-state index >= 15 is 0 Å². The highest BCUT2D eigenvalue weighted by atomic mass is 19.1. The molecule has 0 heterocycles. The van der Waals surface area contributed by atoms with E-state index in [4.69, 9.17) is 9.84 Å². The molecule has 0 radical (unpaired) electrons. The van der Waals surface area contributed by atoms with Crippen molar-refractivity contribution in [1.82, 2.24) is 5.32 Å². The van der Waals surface area contributed by atoms with Gasteiger partial charge in [-0.2, -0.15) is 0 Å². The predicted octanol–water partition coefficient (Wildman–Crippen LogP) is 2.53. The number of carbonyl (C=O) groups is 1. The van der Waals surface area contributed by atoms with E-state index in [0.717, 1.165) is 5.56 Å². The zero-order chi connectivity index (χ0) is 16.0. The largest absolute Gasteiger partial charge is 0.460 e. The van der Waals surface area contributed by atoms with Crippen molar-refractivity contribution in [2.24, 2.45) is 0 Å². The molecule has 0 amide bonds. The summed E-state index contributed by atoms with van der Waals surface area (Å²) in [6.45, 7) is 7.55. The summed E-state index contributed by atoms with van der Waals surface area (Å²) in [5.74, 6) is -0.666. The zero-order valence-electron chi connectivity index (χ0n) is 13.1. The van der Waals surface area contributed by atoms with Gasteiger partial charge in [-0.25, -0.2) is 4.39 Å². The van der Waals surface area contributed by atoms with Crippen molar-refractivity contribution in [2.75, 3.05) is 0 Å². The summed E-state index contributed by atoms with van der Waals surface area (Å²) in [6, 6.07) is 4.55. The smallest absolute Gasteiger partial charge is 0.307 e. The molecule has 1 aromatic rings. The molecule has 1 unspecified atom stereocenters. The Labute approximate surface area is 125 Å². The lowest BCUT2D eigenvalue weighted by atomic mass is 10.1. The third kappa shape index (κ3) is 6.69. The number of benzene rings is 1. The van der Waals surface area contributed by atoms with Gasteiger partial charge in [0.15, 0.2) is 0 Å². The number of hydrogen-bond donors (Lipinski definition) is 2. The summed E-state index contributed by atoms with van der Waals surface area (Å²) in [5.41, 5.74) is 0.648. The molecule has 118 valence electrons. The lowest BCUT2D eigenvalue weighted by Crippen LogP contribution is -2.32. The van der Waals surface area contributed by atoms with Crippen molar-refractivity contribution in [3.05, 3.63) is 35.1 Å². The Balaban J connectivity index is 2.46. The van der Waals surface area contributed by atoms with Crippen molar-refractivity contribution in [3.8, 4) is 0 Å². The fourth-order valence-electron chi connectivity index (χ4n) is 1.86. The van der Waals surface area contributed by atoms with Crippen LogP contribution in [0.15, 0.2) is 18.2 Å². The monoisotopic (exact) mass is 297 g/mol. The summed E-state index contributed by atoms with van der Waals surface area (Å²) >= 11 is 0. The molecule has 0 fully saturated rings. The van der Waals surface area contributed by atoms with Gasteiger partial charge in [0.25, 0.3) is 0 Å². The van der Waals surface area contributed by atoms with Crippen LogP contribution in [-0.2, 0) is 22.7 Å². The topological polar surface area (TPSA) is 58.6 Å². The van der Waals surface area contributed by atoms with Crippen LogP contribution in [0, 0.1) is 5.82 Å². The molecule has 1 rings (SSSR count). The summed E-state index contributed by atoms with van der Waals surface area (Å²) in [5, 5.41) is 12.2. The van der Waals surface area contributed by atoms with Crippen LogP contribution < -0.4 is 5.32 Å². The van der Waals surface area contributed by atoms with Crippen molar-refractivity contribution in [3.63, 3.8) is 0 Å². The minimum absolute atomic E-state index is 0.0533. The molecule has 1 aromatic carbocycles. The van der Waals surface area contributed by atoms with Gasteiger partial charge >= 0.3 is 5.97 Å². The van der Waals surface area contributed by atoms with Crippen LogP contribution >= 0.6 is 0 Å². The van der Waals surface area contributed by atoms with Gasteiger partial charge < -0.3 is 15.2 Å². The highest BCUT2D eigenvalue weighted by Crippen LogP contribution is 2.12. The van der Waals surface area contributed by atoms with Crippen LogP contribution in [0.5, 0.6) is 0 Å². The second-order valence-corrected chi connectivity index (χ2v) is 6.16. The number of hydrogen-bond acceptors (Lipinski definition) is 4. The Bertz CT molecular complexity index is 483. The van der Waals surface area contributed by atoms with E-state index in [-0.39, 0.29) is 30.6 Å². The Morgan fingerprint density at radius 1 is 1.43 bits per heavy atom. The molecule has 0 aliphatic rings. The fraction of sp³-hybridized carbons (Fsp3) is 0.562. The molecule has 5 heteroatoms. The number of esters is 1. The first-order valence-electron chi connectivity index (χ1n) is 7.04. The van der Waals surface area contributed by atoms with Gasteiger partial charge in [-0.05, 0) is 45.4 Å². The molecule has 21 heavy (non-hydrogen) atoms. The van der Waals surface area contributed by atoms with Crippen LogP contribution in [0.3, 0.4) is 0 Å². The molecule has 0 aliphatic heterocycles. The van der Waals surface area contributed by atoms with E-state index in [1.165, 1.54) is 6.07 Å². The van der Waals surface area contributed by atoms with E-state index in [2.05, 4.69) is 5.32 Å². The number of nitrogens with one attached hydrogen (secondary N) is 1. The van der Waals surface area contributed by atoms with E-state index in [0.29, 0.717) is 6.54 Å². The van der Waals surface area contributed by atoms with E-state index in [9.17, 15) is 9.18 Å². The summed E-state index contributed by atoms with van der Waals surface area (Å²) < 4.78 is 18.5. The Morgan fingerprint density at radius 3 is 2.67 bits per heavy atom. The SMILES string of the molecule is CC(CC(=O)OC(C)(C)C)NCc1ccc(F)c(CO)c1. The first kappa shape index (κ1) is 17.6. The van der Waals surface area contributed by atoms with Gasteiger partial charge in [0, 0.05) is 18.2 Å². The van der Waals surface area contributed by atoms with Gasteiger partial charge in [0.1, 0.15) is 11.4 Å². The van der Waals surface area contributed by atoms with Crippen LogP contribution in [0.1, 0.15) is 45.2 Å². The molecule has 0 aromatic heterocycles. The molecule has 0 saturated carbocycles. The Morgan fingerprint density at radius 2 is 2.10 bits per heavy atom. The number of ether oxygens (including phenoxy) is 1. The molecular weight excluding hydrogens is 273 g/mol. The van der Waals surface area contributed by atoms with Crippen LogP contribution in [0.2, 0.25) is 0 Å². The summed E-state index contributed by atoms with van der Waals surface area (Å²) in [4.78, 5) is 11.7. The minimum Gasteiger partial charge on any atom is -0.460 e. The number of aliphatic hydroxyl groups excluding tert-OH is 1. The maximum Gasteiger partial charge on any atom is 0.307 e. The second-order valence-electron chi connectivity index (χ2n) is 6.16. The molecule has 2 N–H and O–H groups in total. The molecule has 0 bridgehead atoms. The Hall–Kier alpha value is -1.46. The highest BCUT2D eigenvalue weighted by Gasteiger charge is 2.18. The molecular formula is C16H24FNO3. The third-order valence-corrected chi connectivity index (χ3v) is 2.83. The highest BCUT2D eigenvalue weighted by molar-refractivity contribution is 5.70. The van der Waals surface area contributed by atoms with Crippen LogP contribution in [-0.4, -0.2) is 22.7 Å². The average molecular weight is 297 g/mol. The zero-order valence-corrected chi connectivity index (χ0v) is 13.1. The third-order valence-electron chi connectivity index (χ3n) is 2.83. The van der Waals surface area contributed by atoms with Crippen LogP contribution in [0.4, 0.5) is 4.39 Å². The van der Waals surface area contributed by atoms with Gasteiger partial charge in [0.05, 0.1) is 13.0 Å². The Kier molecular flexibility index (Phi) is 6.30. The number of halogens is 1. The van der Waals surface area contributed by atoms with Gasteiger partial charge in [-0.15, -0.1) is 0 Å².